The molecule has 0 aromatic heterocycles. The van der Waals surface area contributed by atoms with Gasteiger partial charge in [-0.2, -0.15) is 36.4 Å². The van der Waals surface area contributed by atoms with Crippen molar-refractivity contribution in [3.63, 3.8) is 0 Å². The second-order valence-electron chi connectivity index (χ2n) is 5.33. The Labute approximate surface area is 228 Å². The Morgan fingerprint density at radius 2 is 1.44 bits per heavy atom. The van der Waals surface area contributed by atoms with Gasteiger partial charge in [0.05, 0.1) is 0 Å². The molecule has 0 spiro atoms. The minimum absolute atomic E-state index is 0. The summed E-state index contributed by atoms with van der Waals surface area (Å²) in [5.74, 6) is 0. The monoisotopic (exact) mass is 595 g/mol. The van der Waals surface area contributed by atoms with Crippen LogP contribution in [0, 0.1) is 13.5 Å². The molecule has 3 rings (SSSR count). The van der Waals surface area contributed by atoms with Gasteiger partial charge in [-0.25, -0.2) is 0 Å². The van der Waals surface area contributed by atoms with Gasteiger partial charge in [0.15, 0.2) is 6.29 Å². The average Bonchev–Trinajstić information content (AvgIpc) is 3.14. The van der Waals surface area contributed by atoms with Gasteiger partial charge in [0.1, 0.15) is 24.4 Å². The number of hydrogen-bond donors (Lipinski definition) is 2. The molecule has 0 bridgehead atoms. The van der Waals surface area contributed by atoms with Gasteiger partial charge in [-0.3, -0.25) is 0 Å². The first kappa shape index (κ1) is 37.6. The molecule has 0 amide bonds. The van der Waals surface area contributed by atoms with Gasteiger partial charge in [0.2, 0.25) is 0 Å². The van der Waals surface area contributed by atoms with Gasteiger partial charge in [-0.1, -0.05) is 75.9 Å². The van der Waals surface area contributed by atoms with Crippen molar-refractivity contribution in [3.05, 3.63) is 79.7 Å². The molecule has 1 aliphatic rings. The van der Waals surface area contributed by atoms with Crippen molar-refractivity contribution in [1.82, 2.24) is 0 Å². The zero-order valence-electron chi connectivity index (χ0n) is 19.5. The van der Waals surface area contributed by atoms with Crippen LogP contribution in [-0.2, 0) is 46.5 Å². The largest absolute Gasteiger partial charge is 0.387 e. The van der Waals surface area contributed by atoms with E-state index in [1.165, 1.54) is 0 Å². The molecular formula is C22H38O5P4Y-2. The van der Waals surface area contributed by atoms with E-state index < -0.39 is 30.7 Å². The SMILES string of the molecule is CC.CC.O[C@H]1[C@H](OPP)[C@H](OPP)O[C@H]1[C@@H](O)c1ccccc1.[CH3-].[Y].[c-]1ccccc1. The van der Waals surface area contributed by atoms with Crippen LogP contribution in [0.1, 0.15) is 39.4 Å². The zero-order chi connectivity index (χ0) is 22.8. The fourth-order valence-electron chi connectivity index (χ4n) is 2.47. The number of aliphatic hydroxyl groups is 2. The molecule has 32 heavy (non-hydrogen) atoms. The number of ether oxygens (including phenoxy) is 1. The molecule has 2 N–H and O–H groups in total. The summed E-state index contributed by atoms with van der Waals surface area (Å²) in [5, 5.41) is 20.7. The predicted molar refractivity (Wildman–Crippen MR) is 142 cm³/mol. The number of hydrogen-bond acceptors (Lipinski definition) is 5. The summed E-state index contributed by atoms with van der Waals surface area (Å²) in [6.45, 7) is 8.00. The summed E-state index contributed by atoms with van der Waals surface area (Å²) in [4.78, 5) is 0. The van der Waals surface area contributed by atoms with Crippen molar-refractivity contribution >= 4 is 34.8 Å². The van der Waals surface area contributed by atoms with Crippen molar-refractivity contribution < 1.29 is 56.7 Å². The summed E-state index contributed by atoms with van der Waals surface area (Å²) in [5.41, 5.74) is 0.692. The standard InChI is InChI=1S/C11H18O5P4.C6H5.2C2H6.CH3.Y/c12-7(6-4-2-1-3-5-6)9-8(13)10(15-19-17)11(14-9)16-20-18;1-2-4-6-5-3-1;2*1-2;;/h1-5,7-13,19-20H,17-18H2;1-5H;2*1-2H3;1H3;/q;-1;;;-1;/t7-,8+,9-,10-,11-;;;;;/m0...../s1. The van der Waals surface area contributed by atoms with Crippen molar-refractivity contribution in [2.75, 3.05) is 0 Å². The van der Waals surface area contributed by atoms with Crippen LogP contribution in [0.3, 0.4) is 0 Å². The molecule has 0 saturated carbocycles. The van der Waals surface area contributed by atoms with Crippen LogP contribution < -0.4 is 0 Å². The van der Waals surface area contributed by atoms with E-state index in [-0.39, 0.29) is 57.1 Å². The third kappa shape index (κ3) is 13.8. The van der Waals surface area contributed by atoms with Crippen LogP contribution in [0.15, 0.2) is 60.7 Å². The van der Waals surface area contributed by atoms with E-state index in [1.807, 2.05) is 76.2 Å². The van der Waals surface area contributed by atoms with Crippen LogP contribution in [0.2, 0.25) is 0 Å². The zero-order valence-corrected chi connectivity index (χ0v) is 26.7. The molecule has 1 aliphatic heterocycles. The maximum atomic E-state index is 10.4. The van der Waals surface area contributed by atoms with E-state index in [9.17, 15) is 10.2 Å². The van der Waals surface area contributed by atoms with E-state index in [4.69, 9.17) is 13.8 Å². The third-order valence-electron chi connectivity index (χ3n) is 3.68. The summed E-state index contributed by atoms with van der Waals surface area (Å²) < 4.78 is 16.5. The van der Waals surface area contributed by atoms with Gasteiger partial charge in [0, 0.05) is 49.7 Å². The van der Waals surface area contributed by atoms with Gasteiger partial charge in [-0.15, -0.1) is 0 Å². The normalized spacial score (nSPS) is 22.2. The molecule has 9 atom stereocenters. The predicted octanol–water partition coefficient (Wildman–Crippen LogP) is 5.96. The Morgan fingerprint density at radius 3 is 1.84 bits per heavy atom. The Balaban J connectivity index is -0.000000594. The second kappa shape index (κ2) is 25.2. The maximum Gasteiger partial charge on any atom is 0.191 e. The smallest absolute Gasteiger partial charge is 0.191 e. The second-order valence-corrected chi connectivity index (χ2v) is 7.69. The average molecular weight is 595 g/mol. The van der Waals surface area contributed by atoms with E-state index in [1.54, 1.807) is 12.1 Å². The van der Waals surface area contributed by atoms with Crippen molar-refractivity contribution in [2.45, 2.75) is 58.4 Å². The van der Waals surface area contributed by atoms with Crippen molar-refractivity contribution in [3.8, 4) is 0 Å². The molecule has 1 radical (unpaired) electrons. The Kier molecular flexibility index (Phi) is 29.6. The van der Waals surface area contributed by atoms with Crippen molar-refractivity contribution in [1.29, 1.82) is 0 Å². The van der Waals surface area contributed by atoms with Gasteiger partial charge in [-0.05, 0) is 5.56 Å². The molecule has 1 saturated heterocycles. The molecule has 2 aromatic rings. The molecule has 0 aliphatic carbocycles. The topological polar surface area (TPSA) is 68.2 Å². The Bertz CT molecular complexity index is 589. The van der Waals surface area contributed by atoms with Gasteiger partial charge < -0.3 is 31.4 Å². The summed E-state index contributed by atoms with van der Waals surface area (Å²) >= 11 is 0. The molecular weight excluding hydrogens is 557 g/mol. The first-order valence-electron chi connectivity index (χ1n) is 9.89. The van der Waals surface area contributed by atoms with E-state index in [0.29, 0.717) is 5.56 Å². The Morgan fingerprint density at radius 1 is 0.938 bits per heavy atom. The minimum atomic E-state index is -0.940. The maximum absolute atomic E-state index is 10.4. The van der Waals surface area contributed by atoms with Crippen LogP contribution in [0.25, 0.3) is 0 Å². The molecule has 4 unspecified atom stereocenters. The number of aliphatic hydroxyl groups excluding tert-OH is 2. The summed E-state index contributed by atoms with van der Waals surface area (Å²) in [6.07, 6.45) is -3.90. The first-order valence-corrected chi connectivity index (χ1v) is 15.3. The number of benzene rings is 2. The van der Waals surface area contributed by atoms with Crippen LogP contribution >= 0.6 is 34.8 Å². The van der Waals surface area contributed by atoms with Crippen molar-refractivity contribution in [2.24, 2.45) is 0 Å². The molecule has 10 heteroatoms. The fraction of sp³-hybridized carbons (Fsp3) is 0.409. The van der Waals surface area contributed by atoms with Gasteiger partial charge in [0.25, 0.3) is 0 Å². The number of rotatable bonds is 6. The quantitative estimate of drug-likeness (QED) is 0.319. The molecule has 1 heterocycles. The minimum Gasteiger partial charge on any atom is -0.387 e. The van der Waals surface area contributed by atoms with E-state index in [2.05, 4.69) is 23.9 Å². The van der Waals surface area contributed by atoms with E-state index in [0.717, 1.165) is 0 Å². The van der Waals surface area contributed by atoms with Crippen LogP contribution in [0.4, 0.5) is 0 Å². The van der Waals surface area contributed by atoms with E-state index >= 15 is 0 Å². The van der Waals surface area contributed by atoms with Crippen LogP contribution in [0.5, 0.6) is 0 Å². The first-order chi connectivity index (χ1) is 14.7. The molecule has 1 fully saturated rings. The third-order valence-corrected chi connectivity index (χ3v) is 5.27. The molecule has 5 nitrogen and oxygen atoms in total. The molecule has 2 aromatic carbocycles. The Hall–Kier alpha value is 1.06. The molecule has 181 valence electrons. The fourth-order valence-corrected chi connectivity index (χ4v) is 4.07. The van der Waals surface area contributed by atoms with Gasteiger partial charge >= 0.3 is 0 Å². The van der Waals surface area contributed by atoms with Crippen LogP contribution in [-0.4, -0.2) is 34.8 Å². The summed E-state index contributed by atoms with van der Waals surface area (Å²) in [7, 11) is 5.17. The summed E-state index contributed by atoms with van der Waals surface area (Å²) in [6, 6.07) is 21.6.